The molecular weight excluding hydrogens is 381 g/mol. The molecule has 122 valence electrons. The van der Waals surface area contributed by atoms with Crippen molar-refractivity contribution in [2.24, 2.45) is 0 Å². The second kappa shape index (κ2) is 6.60. The lowest BCUT2D eigenvalue weighted by Crippen LogP contribution is -2.29. The van der Waals surface area contributed by atoms with E-state index in [1.807, 2.05) is 47.4 Å². The Balaban J connectivity index is 1.67. The van der Waals surface area contributed by atoms with Crippen molar-refractivity contribution in [2.75, 3.05) is 12.3 Å². The maximum Gasteiger partial charge on any atom is 0.265 e. The van der Waals surface area contributed by atoms with Gasteiger partial charge in [0, 0.05) is 32.6 Å². The molecule has 3 aromatic rings. The number of nitrogens with zero attached hydrogens (tertiary/aromatic N) is 1. The van der Waals surface area contributed by atoms with E-state index in [1.165, 1.54) is 0 Å². The van der Waals surface area contributed by atoms with E-state index in [0.717, 1.165) is 32.8 Å². The molecule has 2 aromatic carbocycles. The van der Waals surface area contributed by atoms with Crippen LogP contribution in [0, 0.1) is 0 Å². The van der Waals surface area contributed by atoms with Crippen LogP contribution in [0.2, 0.25) is 10.0 Å². The van der Waals surface area contributed by atoms with Crippen LogP contribution in [0.25, 0.3) is 10.1 Å². The van der Waals surface area contributed by atoms with Gasteiger partial charge in [-0.15, -0.1) is 23.1 Å². The summed E-state index contributed by atoms with van der Waals surface area (Å²) in [6.45, 7) is 0.724. The molecular formula is C18H13Cl2NOS2. The van der Waals surface area contributed by atoms with Gasteiger partial charge in [-0.25, -0.2) is 0 Å². The molecule has 1 amide bonds. The smallest absolute Gasteiger partial charge is 0.265 e. The number of halogens is 2. The molecule has 2 heterocycles. The summed E-state index contributed by atoms with van der Waals surface area (Å²) in [5, 5.41) is 2.26. The Hall–Kier alpha value is -1.20. The molecule has 0 N–H and O–H groups in total. The number of amides is 1. The molecule has 4 rings (SSSR count). The average Bonchev–Trinajstić information content (AvgIpc) is 3.21. The Morgan fingerprint density at radius 2 is 1.96 bits per heavy atom. The summed E-state index contributed by atoms with van der Waals surface area (Å²) in [5.74, 6) is 0.970. The van der Waals surface area contributed by atoms with Gasteiger partial charge >= 0.3 is 0 Å². The van der Waals surface area contributed by atoms with Crippen LogP contribution in [-0.4, -0.2) is 23.1 Å². The second-order valence-corrected chi connectivity index (χ2v) is 8.65. The minimum atomic E-state index is -0.0625. The molecule has 24 heavy (non-hydrogen) atoms. The van der Waals surface area contributed by atoms with Crippen LogP contribution >= 0.6 is 46.3 Å². The number of rotatable bonds is 2. The van der Waals surface area contributed by atoms with E-state index in [2.05, 4.69) is 0 Å². The van der Waals surface area contributed by atoms with E-state index in [4.69, 9.17) is 23.2 Å². The van der Waals surface area contributed by atoms with Crippen LogP contribution < -0.4 is 0 Å². The first-order valence-corrected chi connectivity index (χ1v) is 10.1. The van der Waals surface area contributed by atoms with Gasteiger partial charge in [-0.05, 0) is 29.7 Å². The summed E-state index contributed by atoms with van der Waals surface area (Å²) >= 11 is 15.6. The molecule has 0 spiro atoms. The first-order valence-electron chi connectivity index (χ1n) is 7.49. The number of carbonyl (C=O) groups is 1. The standard InChI is InChI=1S/C18H13Cl2NOS2/c19-12-5-6-13(14(20)10-12)18-21(7-8-23-18)17(22)16-9-11-3-1-2-4-15(11)24-16/h1-6,9-10,18H,7-8H2. The van der Waals surface area contributed by atoms with Crippen molar-refractivity contribution in [2.45, 2.75) is 5.37 Å². The van der Waals surface area contributed by atoms with Crippen molar-refractivity contribution in [1.29, 1.82) is 0 Å². The van der Waals surface area contributed by atoms with Gasteiger partial charge in [0.1, 0.15) is 5.37 Å². The molecule has 0 saturated carbocycles. The molecule has 0 bridgehead atoms. The largest absolute Gasteiger partial charge is 0.321 e. The van der Waals surface area contributed by atoms with E-state index in [-0.39, 0.29) is 11.3 Å². The third-order valence-corrected chi connectivity index (χ3v) is 6.93. The van der Waals surface area contributed by atoms with Crippen LogP contribution in [0.15, 0.2) is 48.5 Å². The monoisotopic (exact) mass is 393 g/mol. The maximum absolute atomic E-state index is 13.0. The lowest BCUT2D eigenvalue weighted by molar-refractivity contribution is 0.0765. The van der Waals surface area contributed by atoms with Gasteiger partial charge < -0.3 is 4.90 Å². The molecule has 0 aliphatic carbocycles. The zero-order valence-corrected chi connectivity index (χ0v) is 15.7. The molecule has 1 atom stereocenters. The lowest BCUT2D eigenvalue weighted by atomic mass is 10.2. The van der Waals surface area contributed by atoms with Gasteiger partial charge in [0.25, 0.3) is 5.91 Å². The average molecular weight is 394 g/mol. The Labute approximate surface area is 158 Å². The van der Waals surface area contributed by atoms with Crippen molar-refractivity contribution >= 4 is 62.3 Å². The van der Waals surface area contributed by atoms with Crippen LogP contribution in [0.5, 0.6) is 0 Å². The van der Waals surface area contributed by atoms with Gasteiger partial charge in [-0.1, -0.05) is 47.5 Å². The number of carbonyl (C=O) groups excluding carboxylic acids is 1. The molecule has 1 saturated heterocycles. The summed E-state index contributed by atoms with van der Waals surface area (Å²) in [4.78, 5) is 15.7. The number of hydrogen-bond donors (Lipinski definition) is 0. The number of fused-ring (bicyclic) bond motifs is 1. The number of benzene rings is 2. The lowest BCUT2D eigenvalue weighted by Gasteiger charge is -2.24. The second-order valence-electron chi connectivity index (χ2n) is 5.54. The fraction of sp³-hybridized carbons (Fsp3) is 0.167. The van der Waals surface area contributed by atoms with Crippen molar-refractivity contribution < 1.29 is 4.79 Å². The summed E-state index contributed by atoms with van der Waals surface area (Å²) in [6, 6.07) is 15.5. The Bertz CT molecular complexity index is 891. The molecule has 1 unspecified atom stereocenters. The molecule has 1 aliphatic heterocycles. The van der Waals surface area contributed by atoms with Crippen molar-refractivity contribution in [1.82, 2.24) is 4.90 Å². The zero-order valence-electron chi connectivity index (χ0n) is 12.5. The molecule has 1 aliphatic rings. The predicted octanol–water partition coefficient (Wildman–Crippen LogP) is 6.10. The quantitative estimate of drug-likeness (QED) is 0.524. The zero-order chi connectivity index (χ0) is 16.7. The molecule has 6 heteroatoms. The van der Waals surface area contributed by atoms with Crippen molar-refractivity contribution in [3.05, 3.63) is 69.0 Å². The minimum Gasteiger partial charge on any atom is -0.321 e. The van der Waals surface area contributed by atoms with Gasteiger partial charge in [-0.3, -0.25) is 4.79 Å². The Morgan fingerprint density at radius 3 is 2.75 bits per heavy atom. The minimum absolute atomic E-state index is 0.0625. The Morgan fingerprint density at radius 1 is 1.12 bits per heavy atom. The molecule has 1 fully saturated rings. The Kier molecular flexibility index (Phi) is 4.48. The third-order valence-electron chi connectivity index (χ3n) is 4.02. The highest BCUT2D eigenvalue weighted by Gasteiger charge is 2.33. The summed E-state index contributed by atoms with van der Waals surface area (Å²) in [5.41, 5.74) is 0.943. The van der Waals surface area contributed by atoms with Crippen LogP contribution in [0.1, 0.15) is 20.6 Å². The summed E-state index contributed by atoms with van der Waals surface area (Å²) in [6.07, 6.45) is 0. The van der Waals surface area contributed by atoms with E-state index >= 15 is 0 Å². The van der Waals surface area contributed by atoms with Crippen LogP contribution in [-0.2, 0) is 0 Å². The van der Waals surface area contributed by atoms with Gasteiger partial charge in [-0.2, -0.15) is 0 Å². The first-order chi connectivity index (χ1) is 11.6. The third kappa shape index (κ3) is 2.93. The van der Waals surface area contributed by atoms with Crippen LogP contribution in [0.3, 0.4) is 0 Å². The highest BCUT2D eigenvalue weighted by atomic mass is 35.5. The molecule has 1 aromatic heterocycles. The number of thioether (sulfide) groups is 1. The van der Waals surface area contributed by atoms with E-state index in [1.54, 1.807) is 29.2 Å². The topological polar surface area (TPSA) is 20.3 Å². The fourth-order valence-corrected chi connectivity index (χ4v) is 5.75. The van der Waals surface area contributed by atoms with Gasteiger partial charge in [0.2, 0.25) is 0 Å². The number of hydrogen-bond acceptors (Lipinski definition) is 3. The fourth-order valence-electron chi connectivity index (χ4n) is 2.87. The predicted molar refractivity (Wildman–Crippen MR) is 105 cm³/mol. The summed E-state index contributed by atoms with van der Waals surface area (Å²) in [7, 11) is 0. The highest BCUT2D eigenvalue weighted by molar-refractivity contribution is 7.99. The van der Waals surface area contributed by atoms with E-state index in [9.17, 15) is 4.79 Å². The van der Waals surface area contributed by atoms with Crippen LogP contribution in [0.4, 0.5) is 0 Å². The SMILES string of the molecule is O=C(c1cc2ccccc2s1)N1CCSC1c1ccc(Cl)cc1Cl. The first kappa shape index (κ1) is 16.3. The van der Waals surface area contributed by atoms with Crippen molar-refractivity contribution in [3.63, 3.8) is 0 Å². The maximum atomic E-state index is 13.0. The van der Waals surface area contributed by atoms with Crippen molar-refractivity contribution in [3.8, 4) is 0 Å². The highest BCUT2D eigenvalue weighted by Crippen LogP contribution is 2.42. The number of thiophene rings is 1. The van der Waals surface area contributed by atoms with E-state index < -0.39 is 0 Å². The van der Waals surface area contributed by atoms with Gasteiger partial charge in [0.05, 0.1) is 4.88 Å². The molecule has 2 nitrogen and oxygen atoms in total. The normalized spacial score (nSPS) is 17.6. The molecule has 0 radical (unpaired) electrons. The summed E-state index contributed by atoms with van der Waals surface area (Å²) < 4.78 is 1.13. The van der Waals surface area contributed by atoms with E-state index in [0.29, 0.717) is 10.0 Å². The van der Waals surface area contributed by atoms with Gasteiger partial charge in [0.15, 0.2) is 0 Å².